The molecule has 0 fully saturated rings. The van der Waals surface area contributed by atoms with Gasteiger partial charge in [0, 0.05) is 26.4 Å². The van der Waals surface area contributed by atoms with E-state index in [2.05, 4.69) is 15.5 Å². The normalized spacial score (nSPS) is 10.2. The molecule has 1 aromatic heterocycles. The lowest BCUT2D eigenvalue weighted by Crippen LogP contribution is -2.43. The highest BCUT2D eigenvalue weighted by Crippen LogP contribution is 1.96. The largest absolute Gasteiger partial charge is 0.480 e. The van der Waals surface area contributed by atoms with Gasteiger partial charge in [0.2, 0.25) is 5.89 Å². The minimum Gasteiger partial charge on any atom is -0.480 e. The number of urea groups is 1. The molecule has 8 nitrogen and oxygen atoms in total. The van der Waals surface area contributed by atoms with Crippen LogP contribution in [0.15, 0.2) is 4.52 Å². The molecular weight excluding hydrogens is 252 g/mol. The fraction of sp³-hybridized carbons (Fsp3) is 0.636. The summed E-state index contributed by atoms with van der Waals surface area (Å²) in [6.45, 7) is 3.99. The van der Waals surface area contributed by atoms with E-state index in [-0.39, 0.29) is 6.54 Å². The van der Waals surface area contributed by atoms with Gasteiger partial charge >= 0.3 is 12.0 Å². The maximum atomic E-state index is 11.8. The fourth-order valence-electron chi connectivity index (χ4n) is 1.52. The minimum absolute atomic E-state index is 0.305. The van der Waals surface area contributed by atoms with Crippen molar-refractivity contribution in [2.24, 2.45) is 0 Å². The first-order valence-corrected chi connectivity index (χ1v) is 6.06. The smallest absolute Gasteiger partial charge is 0.323 e. The number of aryl methyl sites for hydroxylation is 1. The van der Waals surface area contributed by atoms with Crippen molar-refractivity contribution in [3.05, 3.63) is 11.7 Å². The van der Waals surface area contributed by atoms with E-state index in [4.69, 9.17) is 9.63 Å². The number of nitrogens with one attached hydrogen (secondary N) is 1. The Morgan fingerprint density at radius 3 is 2.74 bits per heavy atom. The Balaban J connectivity index is 2.37. The van der Waals surface area contributed by atoms with Crippen molar-refractivity contribution in [1.82, 2.24) is 20.4 Å². The lowest BCUT2D eigenvalue weighted by atomic mass is 10.4. The fourth-order valence-corrected chi connectivity index (χ4v) is 1.52. The summed E-state index contributed by atoms with van der Waals surface area (Å²) in [6.07, 6.45) is 1.14. The zero-order chi connectivity index (χ0) is 14.3. The molecule has 8 heteroatoms. The highest BCUT2D eigenvalue weighted by Gasteiger charge is 2.15. The average molecular weight is 270 g/mol. The molecule has 1 aromatic rings. The number of aliphatic carboxylic acids is 1. The van der Waals surface area contributed by atoms with Gasteiger partial charge in [-0.2, -0.15) is 4.98 Å². The van der Waals surface area contributed by atoms with Gasteiger partial charge in [0.25, 0.3) is 0 Å². The molecule has 106 valence electrons. The summed E-state index contributed by atoms with van der Waals surface area (Å²) in [5.41, 5.74) is 0. The van der Waals surface area contributed by atoms with Crippen molar-refractivity contribution in [3.8, 4) is 0 Å². The summed E-state index contributed by atoms with van der Waals surface area (Å²) in [5.74, 6) is -0.0460. The molecule has 0 bridgehead atoms. The molecule has 0 atom stereocenters. The van der Waals surface area contributed by atoms with Crippen LogP contribution in [-0.2, 0) is 11.2 Å². The predicted octanol–water partition coefficient (Wildman–Crippen LogP) is 0.427. The first-order chi connectivity index (χ1) is 9.02. The van der Waals surface area contributed by atoms with Crippen LogP contribution in [0.3, 0.4) is 0 Å². The Hall–Kier alpha value is -2.12. The lowest BCUT2D eigenvalue weighted by molar-refractivity contribution is -0.137. The number of carbonyl (C=O) groups excluding carboxylic acids is 1. The summed E-state index contributed by atoms with van der Waals surface area (Å²) in [5, 5.41) is 15.0. The number of nitrogens with zero attached hydrogens (tertiary/aromatic N) is 3. The Morgan fingerprint density at radius 1 is 1.47 bits per heavy atom. The predicted molar refractivity (Wildman–Crippen MR) is 65.6 cm³/mol. The number of carbonyl (C=O) groups is 2. The SMILES string of the molecule is CCCN(CC(=O)O)C(=O)NCCc1noc(C)n1. The van der Waals surface area contributed by atoms with E-state index in [0.29, 0.717) is 37.6 Å². The third-order valence-corrected chi connectivity index (χ3v) is 2.30. The summed E-state index contributed by atoms with van der Waals surface area (Å²) < 4.78 is 4.80. The zero-order valence-corrected chi connectivity index (χ0v) is 11.0. The molecule has 0 saturated heterocycles. The van der Waals surface area contributed by atoms with E-state index in [1.54, 1.807) is 6.92 Å². The molecule has 0 spiro atoms. The van der Waals surface area contributed by atoms with Gasteiger partial charge in [-0.05, 0) is 6.42 Å². The van der Waals surface area contributed by atoms with E-state index in [9.17, 15) is 9.59 Å². The highest BCUT2D eigenvalue weighted by molar-refractivity contribution is 5.80. The summed E-state index contributed by atoms with van der Waals surface area (Å²) in [4.78, 5) is 27.6. The van der Waals surface area contributed by atoms with Crippen LogP contribution in [0, 0.1) is 6.92 Å². The molecule has 1 rings (SSSR count). The zero-order valence-electron chi connectivity index (χ0n) is 11.0. The van der Waals surface area contributed by atoms with Crippen LogP contribution in [0.25, 0.3) is 0 Å². The van der Waals surface area contributed by atoms with Gasteiger partial charge in [-0.15, -0.1) is 0 Å². The van der Waals surface area contributed by atoms with Crippen molar-refractivity contribution < 1.29 is 19.2 Å². The van der Waals surface area contributed by atoms with Gasteiger partial charge < -0.3 is 19.8 Å². The topological polar surface area (TPSA) is 109 Å². The van der Waals surface area contributed by atoms with Gasteiger partial charge in [0.05, 0.1) is 0 Å². The van der Waals surface area contributed by atoms with E-state index in [0.717, 1.165) is 0 Å². The third-order valence-electron chi connectivity index (χ3n) is 2.30. The van der Waals surface area contributed by atoms with Crippen molar-refractivity contribution in [3.63, 3.8) is 0 Å². The molecule has 2 N–H and O–H groups in total. The molecule has 0 saturated carbocycles. The number of hydrogen-bond donors (Lipinski definition) is 2. The summed E-state index contributed by atoms with van der Waals surface area (Å²) in [6, 6.07) is -0.399. The van der Waals surface area contributed by atoms with Gasteiger partial charge in [0.15, 0.2) is 5.82 Å². The molecule has 0 aromatic carbocycles. The van der Waals surface area contributed by atoms with Crippen molar-refractivity contribution in [1.29, 1.82) is 0 Å². The average Bonchev–Trinajstić information content (AvgIpc) is 2.74. The van der Waals surface area contributed by atoms with Crippen molar-refractivity contribution >= 4 is 12.0 Å². The third kappa shape index (κ3) is 5.36. The molecule has 2 amide bonds. The van der Waals surface area contributed by atoms with Gasteiger partial charge in [-0.3, -0.25) is 4.79 Å². The standard InChI is InChI=1S/C11H18N4O4/c1-3-6-15(7-10(16)17)11(18)12-5-4-9-13-8(2)19-14-9/h3-7H2,1-2H3,(H,12,18)(H,16,17). The van der Waals surface area contributed by atoms with Gasteiger partial charge in [-0.1, -0.05) is 12.1 Å². The second kappa shape index (κ2) is 7.34. The maximum Gasteiger partial charge on any atom is 0.323 e. The second-order valence-electron chi connectivity index (χ2n) is 4.03. The minimum atomic E-state index is -1.03. The molecule has 19 heavy (non-hydrogen) atoms. The molecule has 1 heterocycles. The molecule has 0 aliphatic carbocycles. The maximum absolute atomic E-state index is 11.8. The van der Waals surface area contributed by atoms with Crippen LogP contribution in [0.5, 0.6) is 0 Å². The Kier molecular flexibility index (Phi) is 5.77. The lowest BCUT2D eigenvalue weighted by Gasteiger charge is -2.20. The number of rotatable bonds is 7. The highest BCUT2D eigenvalue weighted by atomic mass is 16.5. The van der Waals surface area contributed by atoms with Crippen molar-refractivity contribution in [2.45, 2.75) is 26.7 Å². The Bertz CT molecular complexity index is 432. The van der Waals surface area contributed by atoms with Gasteiger partial charge in [-0.25, -0.2) is 4.79 Å². The number of aromatic nitrogens is 2. The van der Waals surface area contributed by atoms with Crippen LogP contribution < -0.4 is 5.32 Å². The van der Waals surface area contributed by atoms with E-state index < -0.39 is 12.0 Å². The number of carboxylic acids is 1. The number of carboxylic acid groups (broad SMARTS) is 1. The molecule has 0 aliphatic rings. The number of hydrogen-bond acceptors (Lipinski definition) is 5. The van der Waals surface area contributed by atoms with E-state index in [1.165, 1.54) is 4.90 Å². The molecule has 0 aliphatic heterocycles. The quantitative estimate of drug-likeness (QED) is 0.743. The van der Waals surface area contributed by atoms with E-state index >= 15 is 0 Å². The number of amides is 2. The van der Waals surface area contributed by atoms with Crippen LogP contribution in [0.4, 0.5) is 4.79 Å². The molecule has 0 radical (unpaired) electrons. The van der Waals surface area contributed by atoms with E-state index in [1.807, 2.05) is 6.92 Å². The van der Waals surface area contributed by atoms with Crippen molar-refractivity contribution in [2.75, 3.05) is 19.6 Å². The van der Waals surface area contributed by atoms with Crippen LogP contribution in [-0.4, -0.2) is 51.8 Å². The Labute approximate surface area is 110 Å². The van der Waals surface area contributed by atoms with Gasteiger partial charge in [0.1, 0.15) is 6.54 Å². The summed E-state index contributed by atoms with van der Waals surface area (Å²) in [7, 11) is 0. The monoisotopic (exact) mass is 270 g/mol. The Morgan fingerprint density at radius 2 is 2.21 bits per heavy atom. The van der Waals surface area contributed by atoms with Crippen LogP contribution in [0.2, 0.25) is 0 Å². The first kappa shape index (κ1) is 14.9. The second-order valence-corrected chi connectivity index (χ2v) is 4.03. The molecule has 0 unspecified atom stereocenters. The molecular formula is C11H18N4O4. The van der Waals surface area contributed by atoms with Crippen LogP contribution >= 0.6 is 0 Å². The summed E-state index contributed by atoms with van der Waals surface area (Å²) >= 11 is 0. The first-order valence-electron chi connectivity index (χ1n) is 6.06. The van der Waals surface area contributed by atoms with Crippen LogP contribution in [0.1, 0.15) is 25.1 Å².